The first-order valence-corrected chi connectivity index (χ1v) is 7.44. The van der Waals surface area contributed by atoms with Gasteiger partial charge in [-0.25, -0.2) is 0 Å². The van der Waals surface area contributed by atoms with Crippen LogP contribution >= 0.6 is 11.8 Å². The van der Waals surface area contributed by atoms with Crippen LogP contribution in [0.25, 0.3) is 0 Å². The third-order valence-electron chi connectivity index (χ3n) is 4.26. The molecule has 1 N–H and O–H groups in total. The lowest BCUT2D eigenvalue weighted by Crippen LogP contribution is -2.43. The molecule has 3 rings (SSSR count). The van der Waals surface area contributed by atoms with Gasteiger partial charge in [-0.2, -0.15) is 11.8 Å². The Morgan fingerprint density at radius 1 is 1.44 bits per heavy atom. The van der Waals surface area contributed by atoms with Gasteiger partial charge in [0, 0.05) is 24.8 Å². The smallest absolute Gasteiger partial charge is 0.223 e. The number of hydrogen-bond donors (Lipinski definition) is 1. The zero-order valence-electron chi connectivity index (χ0n) is 9.54. The fourth-order valence-electron chi connectivity index (χ4n) is 3.34. The van der Waals surface area contributed by atoms with E-state index in [1.54, 1.807) is 0 Å². The second-order valence-electron chi connectivity index (χ2n) is 5.27. The zero-order valence-corrected chi connectivity index (χ0v) is 10.4. The van der Waals surface area contributed by atoms with Crippen molar-refractivity contribution in [2.24, 2.45) is 11.8 Å². The van der Waals surface area contributed by atoms with Crippen molar-refractivity contribution < 1.29 is 9.53 Å². The van der Waals surface area contributed by atoms with E-state index in [-0.39, 0.29) is 17.4 Å². The maximum absolute atomic E-state index is 11.7. The highest BCUT2D eigenvalue weighted by Crippen LogP contribution is 2.43. The minimum Gasteiger partial charge on any atom is -0.374 e. The minimum atomic E-state index is 0.121. The number of carbonyl (C=O) groups excluding carboxylic acids is 1. The molecule has 1 amide bonds. The highest BCUT2D eigenvalue weighted by atomic mass is 32.2. The van der Waals surface area contributed by atoms with Gasteiger partial charge >= 0.3 is 0 Å². The van der Waals surface area contributed by atoms with Crippen LogP contribution in [-0.4, -0.2) is 36.2 Å². The maximum Gasteiger partial charge on any atom is 0.223 e. The number of amides is 1. The fourth-order valence-corrected chi connectivity index (χ4v) is 4.71. The number of thioether (sulfide) groups is 1. The molecular formula is C12H19NO2S. The van der Waals surface area contributed by atoms with Gasteiger partial charge in [0.05, 0.1) is 5.60 Å². The molecule has 0 radical (unpaired) electrons. The average molecular weight is 241 g/mol. The molecule has 3 unspecified atom stereocenters. The van der Waals surface area contributed by atoms with Gasteiger partial charge in [0.15, 0.2) is 0 Å². The van der Waals surface area contributed by atoms with Gasteiger partial charge in [0.1, 0.15) is 0 Å². The van der Waals surface area contributed by atoms with E-state index in [9.17, 15) is 4.79 Å². The van der Waals surface area contributed by atoms with Crippen molar-refractivity contribution in [3.05, 3.63) is 0 Å². The third kappa shape index (κ3) is 1.86. The van der Waals surface area contributed by atoms with Crippen LogP contribution in [0.1, 0.15) is 25.7 Å². The SMILES string of the molecule is O=C1NCCC1C1CCOC2(CCSC2)C1. The van der Waals surface area contributed by atoms with E-state index < -0.39 is 0 Å². The standard InChI is InChI=1S/C12H19NO2S/c14-11-10(1-4-13-11)9-2-5-15-12(7-9)3-6-16-8-12/h9-10H,1-8H2,(H,13,14). The van der Waals surface area contributed by atoms with Gasteiger partial charge in [-0.1, -0.05) is 0 Å². The Morgan fingerprint density at radius 2 is 2.38 bits per heavy atom. The summed E-state index contributed by atoms with van der Waals surface area (Å²) in [5.41, 5.74) is 0.121. The highest BCUT2D eigenvalue weighted by Gasteiger charge is 2.44. The van der Waals surface area contributed by atoms with Crippen LogP contribution in [0, 0.1) is 11.8 Å². The van der Waals surface area contributed by atoms with E-state index in [1.165, 1.54) is 12.2 Å². The van der Waals surface area contributed by atoms with Crippen LogP contribution < -0.4 is 5.32 Å². The molecule has 1 spiro atoms. The van der Waals surface area contributed by atoms with E-state index in [1.807, 2.05) is 11.8 Å². The van der Waals surface area contributed by atoms with Gasteiger partial charge in [-0.3, -0.25) is 4.79 Å². The predicted octanol–water partition coefficient (Wildman–Crippen LogP) is 1.42. The van der Waals surface area contributed by atoms with Gasteiger partial charge in [-0.15, -0.1) is 0 Å². The van der Waals surface area contributed by atoms with E-state index in [0.29, 0.717) is 5.92 Å². The predicted molar refractivity (Wildman–Crippen MR) is 64.5 cm³/mol. The van der Waals surface area contributed by atoms with Gasteiger partial charge in [-0.05, 0) is 37.4 Å². The molecule has 0 saturated carbocycles. The summed E-state index contributed by atoms with van der Waals surface area (Å²) in [5.74, 6) is 3.48. The van der Waals surface area contributed by atoms with Crippen molar-refractivity contribution in [1.29, 1.82) is 0 Å². The van der Waals surface area contributed by atoms with Crippen LogP contribution in [-0.2, 0) is 9.53 Å². The maximum atomic E-state index is 11.7. The number of rotatable bonds is 1. The molecule has 3 heterocycles. The molecular weight excluding hydrogens is 222 g/mol. The lowest BCUT2D eigenvalue weighted by atomic mass is 9.77. The molecule has 16 heavy (non-hydrogen) atoms. The van der Waals surface area contributed by atoms with Crippen molar-refractivity contribution in [1.82, 2.24) is 5.32 Å². The normalized spacial score (nSPS) is 43.9. The number of hydrogen-bond acceptors (Lipinski definition) is 3. The number of carbonyl (C=O) groups is 1. The Balaban J connectivity index is 1.69. The van der Waals surface area contributed by atoms with Crippen LogP contribution in [0.2, 0.25) is 0 Å². The first-order chi connectivity index (χ1) is 7.79. The monoisotopic (exact) mass is 241 g/mol. The fraction of sp³-hybridized carbons (Fsp3) is 0.917. The summed E-state index contributed by atoms with van der Waals surface area (Å²) < 4.78 is 6.00. The molecule has 3 fully saturated rings. The molecule has 3 atom stereocenters. The highest BCUT2D eigenvalue weighted by molar-refractivity contribution is 7.99. The Morgan fingerprint density at radius 3 is 3.06 bits per heavy atom. The molecule has 3 aliphatic rings. The molecule has 3 nitrogen and oxygen atoms in total. The second kappa shape index (κ2) is 4.22. The molecule has 0 bridgehead atoms. The van der Waals surface area contributed by atoms with Crippen molar-refractivity contribution in [2.75, 3.05) is 24.7 Å². The van der Waals surface area contributed by atoms with Crippen LogP contribution in [0.4, 0.5) is 0 Å². The quantitative estimate of drug-likeness (QED) is 0.754. The van der Waals surface area contributed by atoms with Gasteiger partial charge < -0.3 is 10.1 Å². The Labute approximate surface area is 101 Å². The van der Waals surface area contributed by atoms with E-state index in [4.69, 9.17) is 4.74 Å². The van der Waals surface area contributed by atoms with Crippen molar-refractivity contribution in [3.8, 4) is 0 Å². The average Bonchev–Trinajstić information content (AvgIpc) is 2.88. The molecule has 90 valence electrons. The molecule has 0 aromatic rings. The third-order valence-corrected chi connectivity index (χ3v) is 5.48. The summed E-state index contributed by atoms with van der Waals surface area (Å²) >= 11 is 2.00. The number of nitrogens with one attached hydrogen (secondary N) is 1. The van der Waals surface area contributed by atoms with Crippen molar-refractivity contribution >= 4 is 17.7 Å². The second-order valence-corrected chi connectivity index (χ2v) is 6.38. The Bertz CT molecular complexity index is 289. The molecule has 4 heteroatoms. The van der Waals surface area contributed by atoms with Crippen molar-refractivity contribution in [2.45, 2.75) is 31.3 Å². The molecule has 0 aliphatic carbocycles. The Hall–Kier alpha value is -0.220. The largest absolute Gasteiger partial charge is 0.374 e. The van der Waals surface area contributed by atoms with Gasteiger partial charge in [0.25, 0.3) is 0 Å². The van der Waals surface area contributed by atoms with Crippen molar-refractivity contribution in [3.63, 3.8) is 0 Å². The lowest BCUT2D eigenvalue weighted by molar-refractivity contribution is -0.129. The summed E-state index contributed by atoms with van der Waals surface area (Å²) in [4.78, 5) is 11.7. The van der Waals surface area contributed by atoms with E-state index in [0.717, 1.165) is 38.2 Å². The summed E-state index contributed by atoms with van der Waals surface area (Å²) in [7, 11) is 0. The summed E-state index contributed by atoms with van der Waals surface area (Å²) in [6.45, 7) is 1.73. The summed E-state index contributed by atoms with van der Waals surface area (Å²) in [6.07, 6.45) is 4.40. The summed E-state index contributed by atoms with van der Waals surface area (Å²) in [5, 5.41) is 2.96. The number of ether oxygens (including phenoxy) is 1. The zero-order chi connectivity index (χ0) is 11.0. The molecule has 3 aliphatic heterocycles. The lowest BCUT2D eigenvalue weighted by Gasteiger charge is -2.39. The van der Waals surface area contributed by atoms with E-state index in [2.05, 4.69) is 5.32 Å². The topological polar surface area (TPSA) is 38.3 Å². The Kier molecular flexibility index (Phi) is 2.88. The van der Waals surface area contributed by atoms with Gasteiger partial charge in [0.2, 0.25) is 5.91 Å². The van der Waals surface area contributed by atoms with Crippen LogP contribution in [0.15, 0.2) is 0 Å². The summed E-state index contributed by atoms with van der Waals surface area (Å²) in [6, 6.07) is 0. The molecule has 3 saturated heterocycles. The molecule has 0 aromatic heterocycles. The molecule has 0 aromatic carbocycles. The van der Waals surface area contributed by atoms with Crippen LogP contribution in [0.5, 0.6) is 0 Å². The minimum absolute atomic E-state index is 0.121. The first kappa shape index (κ1) is 10.9. The van der Waals surface area contributed by atoms with Crippen LogP contribution in [0.3, 0.4) is 0 Å². The first-order valence-electron chi connectivity index (χ1n) is 6.29. The van der Waals surface area contributed by atoms with E-state index >= 15 is 0 Å².